The quantitative estimate of drug-likeness (QED) is 0.874. The SMILES string of the molecule is NCC(CN1CCN(c2ncc(F)cn2)CC1)C1=Nc2ccccc2CC1. The topological polar surface area (TPSA) is 70.6 Å². The van der Waals surface area contributed by atoms with Crippen molar-refractivity contribution in [1.82, 2.24) is 14.9 Å². The molecule has 0 aliphatic carbocycles. The standard InChI is InChI=1S/C20H25FN6/c21-17-12-23-20(24-13-17)27-9-7-26(8-10-27)14-16(11-22)19-6-5-15-3-1-2-4-18(15)25-19/h1-4,12-13,16H,5-11,14,22H2. The molecule has 0 spiro atoms. The first-order valence-corrected chi connectivity index (χ1v) is 9.53. The highest BCUT2D eigenvalue weighted by Crippen LogP contribution is 2.27. The Bertz CT molecular complexity index is 798. The highest BCUT2D eigenvalue weighted by Gasteiger charge is 2.25. The Balaban J connectivity index is 1.36. The van der Waals surface area contributed by atoms with E-state index < -0.39 is 5.82 Å². The molecule has 6 nitrogen and oxygen atoms in total. The molecule has 0 radical (unpaired) electrons. The van der Waals surface area contributed by atoms with E-state index in [9.17, 15) is 4.39 Å². The predicted molar refractivity (Wildman–Crippen MR) is 105 cm³/mol. The second-order valence-corrected chi connectivity index (χ2v) is 7.15. The summed E-state index contributed by atoms with van der Waals surface area (Å²) in [5.41, 5.74) is 9.74. The lowest BCUT2D eigenvalue weighted by atomic mass is 9.93. The number of para-hydroxylation sites is 1. The van der Waals surface area contributed by atoms with E-state index in [0.717, 1.165) is 51.3 Å². The van der Waals surface area contributed by atoms with Gasteiger partial charge in [0.05, 0.1) is 18.1 Å². The molecular weight excluding hydrogens is 343 g/mol. The highest BCUT2D eigenvalue weighted by atomic mass is 19.1. The molecule has 1 aromatic carbocycles. The van der Waals surface area contributed by atoms with E-state index in [1.807, 2.05) is 6.07 Å². The first-order valence-electron chi connectivity index (χ1n) is 9.53. The summed E-state index contributed by atoms with van der Waals surface area (Å²) in [7, 11) is 0. The zero-order valence-electron chi connectivity index (χ0n) is 15.4. The van der Waals surface area contributed by atoms with Gasteiger partial charge in [0.2, 0.25) is 5.95 Å². The molecule has 1 saturated heterocycles. The normalized spacial score (nSPS) is 18.7. The maximum Gasteiger partial charge on any atom is 0.225 e. The molecule has 4 rings (SSSR count). The Morgan fingerprint density at radius 1 is 1.04 bits per heavy atom. The zero-order valence-corrected chi connectivity index (χ0v) is 15.4. The van der Waals surface area contributed by atoms with E-state index >= 15 is 0 Å². The molecule has 7 heteroatoms. The van der Waals surface area contributed by atoms with E-state index in [-0.39, 0.29) is 5.92 Å². The second-order valence-electron chi connectivity index (χ2n) is 7.15. The molecule has 3 heterocycles. The number of halogens is 1. The van der Waals surface area contributed by atoms with E-state index in [1.54, 1.807) is 0 Å². The number of aliphatic imine (C=N–C) groups is 1. The molecule has 2 N–H and O–H groups in total. The van der Waals surface area contributed by atoms with Crippen LogP contribution in [0.4, 0.5) is 16.0 Å². The molecule has 0 saturated carbocycles. The van der Waals surface area contributed by atoms with Gasteiger partial charge in [-0.1, -0.05) is 18.2 Å². The van der Waals surface area contributed by atoms with Gasteiger partial charge in [-0.2, -0.15) is 0 Å². The molecule has 27 heavy (non-hydrogen) atoms. The largest absolute Gasteiger partial charge is 0.338 e. The number of anilines is 1. The first kappa shape index (κ1) is 18.0. The number of aryl methyl sites for hydroxylation is 1. The van der Waals surface area contributed by atoms with Crippen LogP contribution in [0.15, 0.2) is 41.7 Å². The Hall–Kier alpha value is -2.38. The van der Waals surface area contributed by atoms with E-state index in [4.69, 9.17) is 10.7 Å². The zero-order chi connectivity index (χ0) is 18.6. The number of rotatable bonds is 5. The summed E-state index contributed by atoms with van der Waals surface area (Å²) in [4.78, 5) is 17.6. The van der Waals surface area contributed by atoms with Crippen molar-refractivity contribution >= 4 is 17.3 Å². The number of aromatic nitrogens is 2. The number of benzene rings is 1. The number of hydrogen-bond donors (Lipinski definition) is 1. The van der Waals surface area contributed by atoms with Crippen LogP contribution < -0.4 is 10.6 Å². The maximum absolute atomic E-state index is 13.0. The molecule has 1 atom stereocenters. The van der Waals surface area contributed by atoms with Gasteiger partial charge in [-0.05, 0) is 24.5 Å². The van der Waals surface area contributed by atoms with Crippen molar-refractivity contribution in [1.29, 1.82) is 0 Å². The molecule has 2 aromatic rings. The van der Waals surface area contributed by atoms with Gasteiger partial charge in [0.25, 0.3) is 0 Å². The molecule has 2 aliphatic rings. The van der Waals surface area contributed by atoms with Gasteiger partial charge >= 0.3 is 0 Å². The van der Waals surface area contributed by atoms with Crippen molar-refractivity contribution in [3.63, 3.8) is 0 Å². The third-order valence-electron chi connectivity index (χ3n) is 5.40. The van der Waals surface area contributed by atoms with E-state index in [2.05, 4.69) is 38.0 Å². The van der Waals surface area contributed by atoms with Crippen molar-refractivity contribution < 1.29 is 4.39 Å². The van der Waals surface area contributed by atoms with Crippen LogP contribution in [0.5, 0.6) is 0 Å². The van der Waals surface area contributed by atoms with E-state index in [0.29, 0.717) is 12.5 Å². The van der Waals surface area contributed by atoms with Crippen molar-refractivity contribution in [2.45, 2.75) is 12.8 Å². The Kier molecular flexibility index (Phi) is 5.40. The lowest BCUT2D eigenvalue weighted by Crippen LogP contribution is -2.50. The summed E-state index contributed by atoms with van der Waals surface area (Å²) in [5, 5.41) is 0. The fourth-order valence-corrected chi connectivity index (χ4v) is 3.83. The summed E-state index contributed by atoms with van der Waals surface area (Å²) in [6.07, 6.45) is 4.47. The van der Waals surface area contributed by atoms with Crippen molar-refractivity contribution in [2.24, 2.45) is 16.6 Å². The monoisotopic (exact) mass is 368 g/mol. The number of nitrogens with two attached hydrogens (primary N) is 1. The minimum Gasteiger partial charge on any atom is -0.338 e. The second kappa shape index (κ2) is 8.10. The van der Waals surface area contributed by atoms with Crippen LogP contribution in [0, 0.1) is 11.7 Å². The lowest BCUT2D eigenvalue weighted by Gasteiger charge is -2.36. The van der Waals surface area contributed by atoms with Crippen LogP contribution in [-0.4, -0.2) is 59.8 Å². The lowest BCUT2D eigenvalue weighted by molar-refractivity contribution is 0.239. The summed E-state index contributed by atoms with van der Waals surface area (Å²) >= 11 is 0. The molecule has 0 amide bonds. The Morgan fingerprint density at radius 2 is 1.78 bits per heavy atom. The third kappa shape index (κ3) is 4.14. The summed E-state index contributed by atoms with van der Waals surface area (Å²) in [5.74, 6) is 0.477. The van der Waals surface area contributed by atoms with Gasteiger partial charge in [0, 0.05) is 50.9 Å². The minimum absolute atomic E-state index is 0.284. The molecule has 0 bridgehead atoms. The van der Waals surface area contributed by atoms with Gasteiger partial charge in [-0.25, -0.2) is 14.4 Å². The van der Waals surface area contributed by atoms with Crippen molar-refractivity contribution in [3.8, 4) is 0 Å². The predicted octanol–water partition coefficient (Wildman–Crippen LogP) is 2.03. The Morgan fingerprint density at radius 3 is 2.52 bits per heavy atom. The molecule has 1 unspecified atom stereocenters. The van der Waals surface area contributed by atoms with Crippen LogP contribution in [0.3, 0.4) is 0 Å². The summed E-state index contributed by atoms with van der Waals surface area (Å²) in [6.45, 7) is 5.04. The summed E-state index contributed by atoms with van der Waals surface area (Å²) in [6, 6.07) is 8.36. The van der Waals surface area contributed by atoms with Crippen LogP contribution in [-0.2, 0) is 6.42 Å². The molecule has 142 valence electrons. The van der Waals surface area contributed by atoms with Gasteiger partial charge in [-0.3, -0.25) is 9.89 Å². The van der Waals surface area contributed by atoms with Gasteiger partial charge in [0.1, 0.15) is 0 Å². The van der Waals surface area contributed by atoms with Gasteiger partial charge < -0.3 is 10.6 Å². The fourth-order valence-electron chi connectivity index (χ4n) is 3.83. The van der Waals surface area contributed by atoms with Gasteiger partial charge in [0.15, 0.2) is 5.82 Å². The molecule has 1 fully saturated rings. The van der Waals surface area contributed by atoms with E-state index in [1.165, 1.54) is 23.7 Å². The van der Waals surface area contributed by atoms with Gasteiger partial charge in [-0.15, -0.1) is 0 Å². The smallest absolute Gasteiger partial charge is 0.225 e. The molecule has 1 aromatic heterocycles. The number of piperazine rings is 1. The van der Waals surface area contributed by atoms with Crippen LogP contribution in [0.25, 0.3) is 0 Å². The number of hydrogen-bond acceptors (Lipinski definition) is 6. The Labute approximate surface area is 158 Å². The van der Waals surface area contributed by atoms with Crippen LogP contribution in [0.2, 0.25) is 0 Å². The number of fused-ring (bicyclic) bond motifs is 1. The molecule has 2 aliphatic heterocycles. The average Bonchev–Trinajstić information content (AvgIpc) is 2.73. The fraction of sp³-hybridized carbons (Fsp3) is 0.450. The maximum atomic E-state index is 13.0. The third-order valence-corrected chi connectivity index (χ3v) is 5.40. The first-order chi connectivity index (χ1) is 13.2. The summed E-state index contributed by atoms with van der Waals surface area (Å²) < 4.78 is 13.0. The molecular formula is C20H25FN6. The van der Waals surface area contributed by atoms with Crippen LogP contribution >= 0.6 is 0 Å². The average molecular weight is 368 g/mol. The van der Waals surface area contributed by atoms with Crippen molar-refractivity contribution in [3.05, 3.63) is 48.0 Å². The minimum atomic E-state index is -0.405. The number of nitrogens with zero attached hydrogens (tertiary/aromatic N) is 5. The highest BCUT2D eigenvalue weighted by molar-refractivity contribution is 5.91. The van der Waals surface area contributed by atoms with Crippen LogP contribution in [0.1, 0.15) is 12.0 Å². The van der Waals surface area contributed by atoms with Crippen molar-refractivity contribution in [2.75, 3.05) is 44.2 Å².